The molecule has 0 saturated heterocycles. The predicted molar refractivity (Wildman–Crippen MR) is 78.0 cm³/mol. The van der Waals surface area contributed by atoms with E-state index in [9.17, 15) is 0 Å². The topological polar surface area (TPSA) is 48.5 Å². The first-order chi connectivity index (χ1) is 9.68. The zero-order valence-electron chi connectivity index (χ0n) is 12.0. The molecule has 5 heteroatoms. The maximum Gasteiger partial charge on any atom is 0.138 e. The Kier molecular flexibility index (Phi) is 3.26. The lowest BCUT2D eigenvalue weighted by atomic mass is 9.93. The van der Waals surface area contributed by atoms with Gasteiger partial charge >= 0.3 is 0 Å². The molecule has 104 valence electrons. The second kappa shape index (κ2) is 5.07. The van der Waals surface area contributed by atoms with Crippen molar-refractivity contribution in [2.24, 2.45) is 5.92 Å². The van der Waals surface area contributed by atoms with E-state index in [0.717, 1.165) is 11.5 Å². The van der Waals surface area contributed by atoms with Crippen molar-refractivity contribution in [3.63, 3.8) is 0 Å². The normalized spacial score (nSPS) is 22.3. The van der Waals surface area contributed by atoms with Crippen molar-refractivity contribution in [1.29, 1.82) is 0 Å². The zero-order chi connectivity index (χ0) is 14.1. The van der Waals surface area contributed by atoms with Gasteiger partial charge in [-0.2, -0.15) is 5.10 Å². The maximum atomic E-state index is 4.49. The highest BCUT2D eigenvalue weighted by Gasteiger charge is 2.26. The lowest BCUT2D eigenvalue weighted by Crippen LogP contribution is -2.23. The van der Waals surface area contributed by atoms with Crippen molar-refractivity contribution in [1.82, 2.24) is 24.3 Å². The Hall–Kier alpha value is -2.17. The van der Waals surface area contributed by atoms with E-state index in [1.54, 1.807) is 12.7 Å². The van der Waals surface area contributed by atoms with Crippen molar-refractivity contribution in [3.05, 3.63) is 49.1 Å². The summed E-state index contributed by atoms with van der Waals surface area (Å²) in [7, 11) is 0. The molecule has 0 amide bonds. The zero-order valence-corrected chi connectivity index (χ0v) is 12.0. The van der Waals surface area contributed by atoms with Crippen LogP contribution in [-0.4, -0.2) is 24.3 Å². The number of rotatable bonds is 3. The average Bonchev–Trinajstić information content (AvgIpc) is 3.10. The minimum Gasteiger partial charge on any atom is -0.327 e. The molecular formula is C15H19N5. The summed E-state index contributed by atoms with van der Waals surface area (Å²) in [5.41, 5.74) is 1.15. The van der Waals surface area contributed by atoms with E-state index in [2.05, 4.69) is 64.8 Å². The molecule has 0 fully saturated rings. The van der Waals surface area contributed by atoms with Crippen molar-refractivity contribution in [3.8, 4) is 0 Å². The number of hydrogen-bond donors (Lipinski definition) is 0. The summed E-state index contributed by atoms with van der Waals surface area (Å²) >= 11 is 0. The summed E-state index contributed by atoms with van der Waals surface area (Å²) in [5.74, 6) is 1.84. The van der Waals surface area contributed by atoms with Gasteiger partial charge in [0.05, 0.1) is 6.04 Å². The molecule has 2 heterocycles. The largest absolute Gasteiger partial charge is 0.327 e. The van der Waals surface area contributed by atoms with E-state index in [-0.39, 0.29) is 6.04 Å². The number of allylic oxidation sites excluding steroid dienone is 4. The fraction of sp³-hybridized carbons (Fsp3) is 0.400. The first-order valence-corrected chi connectivity index (χ1v) is 6.94. The molecular weight excluding hydrogens is 250 g/mol. The van der Waals surface area contributed by atoms with Gasteiger partial charge in [-0.15, -0.1) is 0 Å². The van der Waals surface area contributed by atoms with Gasteiger partial charge in [-0.3, -0.25) is 0 Å². The number of nitrogens with zero attached hydrogens (tertiary/aromatic N) is 5. The van der Waals surface area contributed by atoms with Gasteiger partial charge in [-0.25, -0.2) is 14.6 Å². The average molecular weight is 269 g/mol. The van der Waals surface area contributed by atoms with Crippen LogP contribution in [0.15, 0.2) is 43.3 Å². The summed E-state index contributed by atoms with van der Waals surface area (Å²) in [6.07, 6.45) is 13.7. The molecule has 3 rings (SSSR count). The summed E-state index contributed by atoms with van der Waals surface area (Å²) < 4.78 is 4.10. The van der Waals surface area contributed by atoms with E-state index in [0.29, 0.717) is 11.8 Å². The Balaban J connectivity index is 1.95. The van der Waals surface area contributed by atoms with Gasteiger partial charge in [0.25, 0.3) is 0 Å². The molecule has 2 atom stereocenters. The van der Waals surface area contributed by atoms with Gasteiger partial charge in [0.15, 0.2) is 0 Å². The molecule has 0 bridgehead atoms. The smallest absolute Gasteiger partial charge is 0.138 e. The van der Waals surface area contributed by atoms with Gasteiger partial charge in [0, 0.05) is 29.9 Å². The third-order valence-electron chi connectivity index (χ3n) is 3.77. The van der Waals surface area contributed by atoms with Crippen molar-refractivity contribution < 1.29 is 0 Å². The van der Waals surface area contributed by atoms with Crippen LogP contribution < -0.4 is 0 Å². The molecule has 0 radical (unpaired) electrons. The highest BCUT2D eigenvalue weighted by Crippen LogP contribution is 2.34. The van der Waals surface area contributed by atoms with E-state index in [1.165, 1.54) is 0 Å². The van der Waals surface area contributed by atoms with Crippen LogP contribution >= 0.6 is 0 Å². The maximum absolute atomic E-state index is 4.49. The molecule has 0 spiro atoms. The Bertz CT molecular complexity index is 633. The molecule has 0 aromatic carbocycles. The summed E-state index contributed by atoms with van der Waals surface area (Å²) in [5, 5.41) is 4.24. The third-order valence-corrected chi connectivity index (χ3v) is 3.77. The van der Waals surface area contributed by atoms with Crippen molar-refractivity contribution >= 4 is 5.70 Å². The highest BCUT2D eigenvalue weighted by molar-refractivity contribution is 5.52. The third kappa shape index (κ3) is 2.09. The van der Waals surface area contributed by atoms with Crippen LogP contribution in [0.4, 0.5) is 0 Å². The lowest BCUT2D eigenvalue weighted by Gasteiger charge is -2.29. The highest BCUT2D eigenvalue weighted by atomic mass is 15.3. The second-order valence-corrected chi connectivity index (χ2v) is 5.44. The van der Waals surface area contributed by atoms with E-state index in [4.69, 9.17) is 0 Å². The predicted octanol–water partition coefficient (Wildman–Crippen LogP) is 2.89. The molecule has 1 aliphatic rings. The minimum atomic E-state index is 0.263. The molecule has 0 saturated carbocycles. The fourth-order valence-corrected chi connectivity index (χ4v) is 2.75. The van der Waals surface area contributed by atoms with E-state index in [1.807, 2.05) is 10.9 Å². The number of aromatic nitrogens is 5. The Morgan fingerprint density at radius 1 is 1.30 bits per heavy atom. The lowest BCUT2D eigenvalue weighted by molar-refractivity contribution is 0.457. The van der Waals surface area contributed by atoms with Gasteiger partial charge in [-0.1, -0.05) is 32.9 Å². The van der Waals surface area contributed by atoms with E-state index < -0.39 is 0 Å². The first-order valence-electron chi connectivity index (χ1n) is 6.94. The Labute approximate surface area is 118 Å². The van der Waals surface area contributed by atoms with Crippen LogP contribution in [0.5, 0.6) is 0 Å². The monoisotopic (exact) mass is 269 g/mol. The van der Waals surface area contributed by atoms with Gasteiger partial charge in [0.2, 0.25) is 0 Å². The van der Waals surface area contributed by atoms with Crippen molar-refractivity contribution in [2.75, 3.05) is 0 Å². The fourth-order valence-electron chi connectivity index (χ4n) is 2.75. The molecule has 2 aromatic heterocycles. The van der Waals surface area contributed by atoms with Crippen LogP contribution in [0.2, 0.25) is 0 Å². The number of imidazole rings is 1. The van der Waals surface area contributed by atoms with Gasteiger partial charge in [0.1, 0.15) is 18.5 Å². The summed E-state index contributed by atoms with van der Waals surface area (Å²) in [4.78, 5) is 8.52. The standard InChI is InChI=1S/C15H19N5/c1-11(2)15-17-7-8-19(15)13-5-4-6-14(12(13)3)20-10-16-9-18-20/h4-13H,1-3H3. The number of hydrogen-bond acceptors (Lipinski definition) is 3. The van der Waals surface area contributed by atoms with Crippen LogP contribution in [0.25, 0.3) is 5.70 Å². The molecule has 0 N–H and O–H groups in total. The first kappa shape index (κ1) is 12.8. The van der Waals surface area contributed by atoms with Crippen LogP contribution in [-0.2, 0) is 0 Å². The minimum absolute atomic E-state index is 0.263. The van der Waals surface area contributed by atoms with Crippen LogP contribution in [0.3, 0.4) is 0 Å². The molecule has 2 aromatic rings. The van der Waals surface area contributed by atoms with Crippen LogP contribution in [0, 0.1) is 5.92 Å². The second-order valence-electron chi connectivity index (χ2n) is 5.44. The molecule has 5 nitrogen and oxygen atoms in total. The Morgan fingerprint density at radius 2 is 2.15 bits per heavy atom. The van der Waals surface area contributed by atoms with Crippen molar-refractivity contribution in [2.45, 2.75) is 32.7 Å². The molecule has 1 aliphatic carbocycles. The molecule has 20 heavy (non-hydrogen) atoms. The Morgan fingerprint density at radius 3 is 2.85 bits per heavy atom. The summed E-state index contributed by atoms with van der Waals surface area (Å²) in [6.45, 7) is 6.56. The van der Waals surface area contributed by atoms with E-state index >= 15 is 0 Å². The summed E-state index contributed by atoms with van der Waals surface area (Å²) in [6, 6.07) is 0.263. The quantitative estimate of drug-likeness (QED) is 0.860. The van der Waals surface area contributed by atoms with Crippen LogP contribution in [0.1, 0.15) is 38.6 Å². The molecule has 2 unspecified atom stereocenters. The van der Waals surface area contributed by atoms with Gasteiger partial charge < -0.3 is 4.57 Å². The SMILES string of the molecule is CC(C)c1nccn1C1C=CC=C(n2cncn2)C1C. The molecule has 0 aliphatic heterocycles. The van der Waals surface area contributed by atoms with Gasteiger partial charge in [-0.05, 0) is 6.08 Å².